The lowest BCUT2D eigenvalue weighted by molar-refractivity contribution is 0.686. The number of anilines is 1. The molecule has 4 nitrogen and oxygen atoms in total. The fourth-order valence-electron chi connectivity index (χ4n) is 3.43. The van der Waals surface area contributed by atoms with Crippen LogP contribution in [0, 0.1) is 0 Å². The van der Waals surface area contributed by atoms with Crippen LogP contribution in [0.3, 0.4) is 0 Å². The molecule has 4 rings (SSSR count). The molecule has 0 saturated carbocycles. The van der Waals surface area contributed by atoms with Gasteiger partial charge in [-0.15, -0.1) is 11.3 Å². The summed E-state index contributed by atoms with van der Waals surface area (Å²) in [6.45, 7) is 1.52. The number of nitrogens with zero attached hydrogens (tertiary/aromatic N) is 2. The van der Waals surface area contributed by atoms with E-state index in [0.717, 1.165) is 29.0 Å². The zero-order chi connectivity index (χ0) is 16.4. The first-order chi connectivity index (χ1) is 11.9. The van der Waals surface area contributed by atoms with Gasteiger partial charge in [0.1, 0.15) is 17.0 Å². The van der Waals surface area contributed by atoms with E-state index in [1.807, 2.05) is 0 Å². The summed E-state index contributed by atoms with van der Waals surface area (Å²) in [6.07, 6.45) is 7.61. The highest BCUT2D eigenvalue weighted by atomic mass is 32.1. The Morgan fingerprint density at radius 3 is 2.88 bits per heavy atom. The van der Waals surface area contributed by atoms with Crippen LogP contribution in [0.25, 0.3) is 21.3 Å². The third kappa shape index (κ3) is 2.89. The van der Waals surface area contributed by atoms with Crippen molar-refractivity contribution in [3.05, 3.63) is 41.0 Å². The van der Waals surface area contributed by atoms with Crippen LogP contribution in [0.15, 0.2) is 29.9 Å². The topological polar surface area (TPSA) is 63.8 Å². The van der Waals surface area contributed by atoms with Crippen molar-refractivity contribution in [2.45, 2.75) is 32.1 Å². The van der Waals surface area contributed by atoms with Crippen molar-refractivity contribution in [2.75, 3.05) is 18.4 Å². The highest BCUT2D eigenvalue weighted by molar-refractivity contribution is 7.17. The second-order valence-electron chi connectivity index (χ2n) is 6.31. The van der Waals surface area contributed by atoms with Gasteiger partial charge in [-0.05, 0) is 55.3 Å². The van der Waals surface area contributed by atoms with Gasteiger partial charge in [0.2, 0.25) is 0 Å². The Morgan fingerprint density at radius 2 is 2.00 bits per heavy atom. The summed E-state index contributed by atoms with van der Waals surface area (Å²) in [6, 6.07) is 6.92. The number of nitrogens with two attached hydrogens (primary N) is 1. The molecule has 0 fully saturated rings. The van der Waals surface area contributed by atoms with E-state index in [2.05, 4.69) is 38.9 Å². The molecular formula is C19H22N4S. The monoisotopic (exact) mass is 338 g/mol. The van der Waals surface area contributed by atoms with Crippen LogP contribution in [0.1, 0.15) is 30.4 Å². The number of fused-ring (bicyclic) bond motifs is 2. The van der Waals surface area contributed by atoms with Gasteiger partial charge < -0.3 is 11.1 Å². The standard InChI is InChI=1S/C19H22N4S/c20-8-3-9-21-18-17-16(11-24-19(17)23-12-22-18)15-7-6-13-4-1-2-5-14(13)10-15/h6-7,10-12H,1-5,8-9,20H2,(H,21,22,23). The first kappa shape index (κ1) is 15.5. The summed E-state index contributed by atoms with van der Waals surface area (Å²) < 4.78 is 0. The zero-order valence-corrected chi connectivity index (χ0v) is 14.5. The van der Waals surface area contributed by atoms with Crippen LogP contribution >= 0.6 is 11.3 Å². The van der Waals surface area contributed by atoms with E-state index in [0.29, 0.717) is 6.54 Å². The molecule has 0 amide bonds. The average molecular weight is 338 g/mol. The molecule has 124 valence electrons. The average Bonchev–Trinajstić information content (AvgIpc) is 3.06. The van der Waals surface area contributed by atoms with Crippen molar-refractivity contribution >= 4 is 27.4 Å². The van der Waals surface area contributed by atoms with Gasteiger partial charge in [0, 0.05) is 17.5 Å². The lowest BCUT2D eigenvalue weighted by atomic mass is 9.89. The number of hydrogen-bond acceptors (Lipinski definition) is 5. The number of aromatic nitrogens is 2. The van der Waals surface area contributed by atoms with Gasteiger partial charge in [-0.2, -0.15) is 0 Å². The summed E-state index contributed by atoms with van der Waals surface area (Å²) in [4.78, 5) is 9.95. The summed E-state index contributed by atoms with van der Waals surface area (Å²) in [5.74, 6) is 0.919. The van der Waals surface area contributed by atoms with E-state index in [1.54, 1.807) is 17.7 Å². The summed E-state index contributed by atoms with van der Waals surface area (Å²) in [7, 11) is 0. The number of thiophene rings is 1. The van der Waals surface area contributed by atoms with Crippen molar-refractivity contribution in [3.8, 4) is 11.1 Å². The quantitative estimate of drug-likeness (QED) is 0.690. The van der Waals surface area contributed by atoms with Gasteiger partial charge in [0.05, 0.1) is 5.39 Å². The lowest BCUT2D eigenvalue weighted by Crippen LogP contribution is -2.09. The smallest absolute Gasteiger partial charge is 0.138 e. The molecule has 2 heterocycles. The first-order valence-electron chi connectivity index (χ1n) is 8.65. The Kier molecular flexibility index (Phi) is 4.45. The molecule has 24 heavy (non-hydrogen) atoms. The maximum Gasteiger partial charge on any atom is 0.138 e. The molecule has 0 bridgehead atoms. The van der Waals surface area contributed by atoms with Gasteiger partial charge in [0.15, 0.2) is 0 Å². The van der Waals surface area contributed by atoms with Crippen molar-refractivity contribution in [1.29, 1.82) is 0 Å². The molecule has 1 aliphatic rings. The van der Waals surface area contributed by atoms with Crippen LogP contribution in [-0.4, -0.2) is 23.1 Å². The molecular weight excluding hydrogens is 316 g/mol. The second kappa shape index (κ2) is 6.87. The van der Waals surface area contributed by atoms with E-state index >= 15 is 0 Å². The molecule has 3 N–H and O–H groups in total. The number of aryl methyl sites for hydroxylation is 2. The molecule has 5 heteroatoms. The number of rotatable bonds is 5. The number of hydrogen-bond donors (Lipinski definition) is 2. The van der Waals surface area contributed by atoms with Crippen LogP contribution in [0.5, 0.6) is 0 Å². The van der Waals surface area contributed by atoms with Gasteiger partial charge in [-0.3, -0.25) is 0 Å². The van der Waals surface area contributed by atoms with Crippen LogP contribution < -0.4 is 11.1 Å². The number of benzene rings is 1. The maximum atomic E-state index is 5.60. The predicted octanol–water partition coefficient (Wildman–Crippen LogP) is 4.00. The maximum absolute atomic E-state index is 5.60. The largest absolute Gasteiger partial charge is 0.369 e. The molecule has 0 atom stereocenters. The van der Waals surface area contributed by atoms with Crippen molar-refractivity contribution in [1.82, 2.24) is 9.97 Å². The van der Waals surface area contributed by atoms with E-state index < -0.39 is 0 Å². The summed E-state index contributed by atoms with van der Waals surface area (Å²) in [5.41, 5.74) is 11.1. The molecule has 1 aromatic carbocycles. The highest BCUT2D eigenvalue weighted by Crippen LogP contribution is 2.37. The van der Waals surface area contributed by atoms with Crippen molar-refractivity contribution < 1.29 is 0 Å². The normalized spacial score (nSPS) is 13.9. The van der Waals surface area contributed by atoms with E-state index in [-0.39, 0.29) is 0 Å². The Morgan fingerprint density at radius 1 is 1.12 bits per heavy atom. The van der Waals surface area contributed by atoms with Crippen LogP contribution in [-0.2, 0) is 12.8 Å². The van der Waals surface area contributed by atoms with Crippen LogP contribution in [0.2, 0.25) is 0 Å². The molecule has 1 aliphatic carbocycles. The third-order valence-corrected chi connectivity index (χ3v) is 5.59. The van der Waals surface area contributed by atoms with Gasteiger partial charge >= 0.3 is 0 Å². The number of nitrogens with one attached hydrogen (secondary N) is 1. The van der Waals surface area contributed by atoms with E-state index in [1.165, 1.54) is 47.9 Å². The predicted molar refractivity (Wildman–Crippen MR) is 102 cm³/mol. The SMILES string of the molecule is NCCCNc1ncnc2scc(-c3ccc4c(c3)CCCC4)c12. The van der Waals surface area contributed by atoms with Crippen molar-refractivity contribution in [2.24, 2.45) is 5.73 Å². The minimum atomic E-state index is 0.683. The molecule has 0 saturated heterocycles. The van der Waals surface area contributed by atoms with E-state index in [4.69, 9.17) is 5.73 Å². The summed E-state index contributed by atoms with van der Waals surface area (Å²) in [5, 5.41) is 6.76. The first-order valence-corrected chi connectivity index (χ1v) is 9.53. The molecule has 0 aliphatic heterocycles. The lowest BCUT2D eigenvalue weighted by Gasteiger charge is -2.16. The minimum Gasteiger partial charge on any atom is -0.369 e. The molecule has 3 aromatic rings. The molecule has 2 aromatic heterocycles. The van der Waals surface area contributed by atoms with Crippen molar-refractivity contribution in [3.63, 3.8) is 0 Å². The molecule has 0 radical (unpaired) electrons. The highest BCUT2D eigenvalue weighted by Gasteiger charge is 2.15. The zero-order valence-electron chi connectivity index (χ0n) is 13.7. The Balaban J connectivity index is 1.76. The van der Waals surface area contributed by atoms with E-state index in [9.17, 15) is 0 Å². The fourth-order valence-corrected chi connectivity index (χ4v) is 4.35. The fraction of sp³-hybridized carbons (Fsp3) is 0.368. The minimum absolute atomic E-state index is 0.683. The second-order valence-corrected chi connectivity index (χ2v) is 7.17. The molecule has 0 unspecified atom stereocenters. The third-order valence-electron chi connectivity index (χ3n) is 4.70. The Bertz CT molecular complexity index is 856. The van der Waals surface area contributed by atoms with Gasteiger partial charge in [0.25, 0.3) is 0 Å². The van der Waals surface area contributed by atoms with Gasteiger partial charge in [-0.25, -0.2) is 9.97 Å². The molecule has 0 spiro atoms. The summed E-state index contributed by atoms with van der Waals surface area (Å²) >= 11 is 1.68. The van der Waals surface area contributed by atoms with Gasteiger partial charge in [-0.1, -0.05) is 18.2 Å². The Labute approximate surface area is 146 Å². The van der Waals surface area contributed by atoms with Crippen LogP contribution in [0.4, 0.5) is 5.82 Å². The Hall–Kier alpha value is -1.98.